The van der Waals surface area contributed by atoms with Crippen molar-refractivity contribution in [2.24, 2.45) is 0 Å². The molecule has 2 fully saturated rings. The van der Waals surface area contributed by atoms with E-state index >= 15 is 0 Å². The topological polar surface area (TPSA) is 60.9 Å². The number of aliphatic hydroxyl groups is 1. The van der Waals surface area contributed by atoms with E-state index in [0.717, 1.165) is 64.8 Å². The maximum atomic E-state index is 11.8. The van der Waals surface area contributed by atoms with Gasteiger partial charge in [-0.15, -0.1) is 0 Å². The highest BCUT2D eigenvalue weighted by atomic mass is 32.2. The first-order valence-electron chi connectivity index (χ1n) is 7.77. The lowest BCUT2D eigenvalue weighted by Gasteiger charge is -2.36. The summed E-state index contributed by atoms with van der Waals surface area (Å²) in [4.78, 5) is 4.78. The molecule has 1 N–H and O–H groups in total. The summed E-state index contributed by atoms with van der Waals surface area (Å²) in [6.07, 6.45) is 6.29. The van der Waals surface area contributed by atoms with Crippen LogP contribution in [0.2, 0.25) is 0 Å². The van der Waals surface area contributed by atoms with Crippen LogP contribution in [-0.4, -0.2) is 80.2 Å². The molecule has 0 aromatic carbocycles. The fourth-order valence-electron chi connectivity index (χ4n) is 3.56. The molecule has 0 bridgehead atoms. The fraction of sp³-hybridized carbons (Fsp3) is 1.00. The normalized spacial score (nSPS) is 31.1. The van der Waals surface area contributed by atoms with Gasteiger partial charge in [0.25, 0.3) is 0 Å². The van der Waals surface area contributed by atoms with Crippen LogP contribution < -0.4 is 0 Å². The van der Waals surface area contributed by atoms with Crippen LogP contribution in [0.25, 0.3) is 0 Å². The van der Waals surface area contributed by atoms with E-state index in [4.69, 9.17) is 5.11 Å². The average Bonchev–Trinajstić information content (AvgIpc) is 2.64. The van der Waals surface area contributed by atoms with E-state index in [0.29, 0.717) is 6.04 Å². The van der Waals surface area contributed by atoms with Crippen LogP contribution in [-0.2, 0) is 9.84 Å². The van der Waals surface area contributed by atoms with Crippen molar-refractivity contribution in [3.05, 3.63) is 0 Å². The van der Waals surface area contributed by atoms with Gasteiger partial charge in [0.1, 0.15) is 9.84 Å². The highest BCUT2D eigenvalue weighted by molar-refractivity contribution is 7.91. The van der Waals surface area contributed by atoms with Gasteiger partial charge in [0.2, 0.25) is 0 Å². The van der Waals surface area contributed by atoms with E-state index in [-0.39, 0.29) is 11.9 Å². The minimum Gasteiger partial charge on any atom is -0.395 e. The zero-order valence-corrected chi connectivity index (χ0v) is 13.3. The maximum absolute atomic E-state index is 11.8. The molecule has 2 atom stereocenters. The summed E-state index contributed by atoms with van der Waals surface area (Å²) in [6.45, 7) is 5.06. The molecular formula is C14H28N2O3S. The van der Waals surface area contributed by atoms with Gasteiger partial charge in [-0.2, -0.15) is 0 Å². The molecule has 118 valence electrons. The van der Waals surface area contributed by atoms with Crippen molar-refractivity contribution < 1.29 is 13.5 Å². The van der Waals surface area contributed by atoms with E-state index in [2.05, 4.69) is 9.80 Å². The Kier molecular flexibility index (Phi) is 5.84. The molecule has 0 amide bonds. The molecule has 0 spiro atoms. The summed E-state index contributed by atoms with van der Waals surface area (Å²) in [5.41, 5.74) is 0. The number of β-amino-alcohol motifs (C(OH)–C–C–N with tert-alkyl or cyclic N) is 1. The van der Waals surface area contributed by atoms with Crippen LogP contribution in [0.4, 0.5) is 0 Å². The second-order valence-corrected chi connectivity index (χ2v) is 8.55. The summed E-state index contributed by atoms with van der Waals surface area (Å²) in [6, 6.07) is 0.428. The summed E-state index contributed by atoms with van der Waals surface area (Å²) in [7, 11) is -2.90. The maximum Gasteiger partial charge on any atom is 0.150 e. The molecule has 0 aromatic rings. The zero-order valence-electron chi connectivity index (χ0n) is 12.5. The molecule has 1 aliphatic heterocycles. The Labute approximate surface area is 122 Å². The molecule has 6 heteroatoms. The molecule has 2 rings (SSSR count). The van der Waals surface area contributed by atoms with Crippen molar-refractivity contribution in [3.63, 3.8) is 0 Å². The molecule has 2 unspecified atom stereocenters. The smallest absolute Gasteiger partial charge is 0.150 e. The molecule has 5 nitrogen and oxygen atoms in total. The molecule has 1 saturated carbocycles. The summed E-state index contributed by atoms with van der Waals surface area (Å²) < 4.78 is 23.5. The average molecular weight is 304 g/mol. The standard InChI is InChI=1S/C14H28N2O3S/c1-20(18,19)14-5-2-4-13(12-14)16-7-3-6-15(8-9-16)10-11-17/h13-14,17H,2-12H2,1H3. The van der Waals surface area contributed by atoms with Gasteiger partial charge >= 0.3 is 0 Å². The second-order valence-electron chi connectivity index (χ2n) is 6.23. The van der Waals surface area contributed by atoms with Gasteiger partial charge in [0.05, 0.1) is 11.9 Å². The molecule has 2 aliphatic rings. The van der Waals surface area contributed by atoms with Crippen LogP contribution in [0.1, 0.15) is 32.1 Å². The van der Waals surface area contributed by atoms with Crippen LogP contribution in [0.3, 0.4) is 0 Å². The highest BCUT2D eigenvalue weighted by Crippen LogP contribution is 2.27. The van der Waals surface area contributed by atoms with Crippen LogP contribution >= 0.6 is 0 Å². The Balaban J connectivity index is 1.90. The number of rotatable bonds is 4. The number of sulfone groups is 1. The molecule has 1 saturated heterocycles. The fourth-order valence-corrected chi connectivity index (χ4v) is 4.73. The largest absolute Gasteiger partial charge is 0.395 e. The van der Waals surface area contributed by atoms with Gasteiger partial charge in [0.15, 0.2) is 0 Å². The Morgan fingerprint density at radius 3 is 2.60 bits per heavy atom. The van der Waals surface area contributed by atoms with E-state index in [1.165, 1.54) is 6.26 Å². The Hall–Kier alpha value is -0.170. The predicted octanol–water partition coefficient (Wildman–Crippen LogP) is 0.342. The monoisotopic (exact) mass is 304 g/mol. The predicted molar refractivity (Wildman–Crippen MR) is 80.6 cm³/mol. The van der Waals surface area contributed by atoms with Crippen molar-refractivity contribution in [3.8, 4) is 0 Å². The van der Waals surface area contributed by atoms with Crippen LogP contribution in [0.15, 0.2) is 0 Å². The van der Waals surface area contributed by atoms with Crippen molar-refractivity contribution in [2.75, 3.05) is 45.6 Å². The molecule has 0 aromatic heterocycles. The second kappa shape index (κ2) is 7.20. The van der Waals surface area contributed by atoms with E-state index < -0.39 is 9.84 Å². The third-order valence-corrected chi connectivity index (χ3v) is 6.40. The van der Waals surface area contributed by atoms with Crippen molar-refractivity contribution in [1.29, 1.82) is 0 Å². The third-order valence-electron chi connectivity index (χ3n) is 4.76. The quantitative estimate of drug-likeness (QED) is 0.812. The van der Waals surface area contributed by atoms with E-state index in [9.17, 15) is 8.42 Å². The first-order chi connectivity index (χ1) is 9.50. The lowest BCUT2D eigenvalue weighted by atomic mass is 9.93. The first-order valence-corrected chi connectivity index (χ1v) is 9.72. The Bertz CT molecular complexity index is 399. The van der Waals surface area contributed by atoms with Crippen LogP contribution in [0.5, 0.6) is 0 Å². The number of hydrogen-bond acceptors (Lipinski definition) is 5. The minimum absolute atomic E-state index is 0.141. The summed E-state index contributed by atoms with van der Waals surface area (Å²) >= 11 is 0. The summed E-state index contributed by atoms with van der Waals surface area (Å²) in [5.74, 6) is 0. The minimum atomic E-state index is -2.90. The Morgan fingerprint density at radius 1 is 1.10 bits per heavy atom. The molecule has 1 heterocycles. The molecule has 0 radical (unpaired) electrons. The summed E-state index contributed by atoms with van der Waals surface area (Å²) in [5, 5.41) is 8.89. The number of aliphatic hydroxyl groups excluding tert-OH is 1. The van der Waals surface area contributed by atoms with Crippen molar-refractivity contribution >= 4 is 9.84 Å². The van der Waals surface area contributed by atoms with Gasteiger partial charge in [0, 0.05) is 31.9 Å². The number of hydrogen-bond donors (Lipinski definition) is 1. The number of nitrogens with zero attached hydrogens (tertiary/aromatic N) is 2. The van der Waals surface area contributed by atoms with E-state index in [1.54, 1.807) is 0 Å². The van der Waals surface area contributed by atoms with Gasteiger partial charge in [-0.1, -0.05) is 6.42 Å². The highest BCUT2D eigenvalue weighted by Gasteiger charge is 2.32. The van der Waals surface area contributed by atoms with Gasteiger partial charge in [-0.05, 0) is 38.8 Å². The van der Waals surface area contributed by atoms with Crippen LogP contribution in [0, 0.1) is 0 Å². The van der Waals surface area contributed by atoms with Crippen molar-refractivity contribution in [1.82, 2.24) is 9.80 Å². The Morgan fingerprint density at radius 2 is 1.90 bits per heavy atom. The van der Waals surface area contributed by atoms with Gasteiger partial charge < -0.3 is 5.11 Å². The first kappa shape index (κ1) is 16.2. The van der Waals surface area contributed by atoms with E-state index in [1.807, 2.05) is 0 Å². The van der Waals surface area contributed by atoms with Gasteiger partial charge in [-0.25, -0.2) is 8.42 Å². The van der Waals surface area contributed by atoms with Crippen molar-refractivity contribution in [2.45, 2.75) is 43.4 Å². The third kappa shape index (κ3) is 4.41. The SMILES string of the molecule is CS(=O)(=O)C1CCCC(N2CCCN(CCO)CC2)C1. The molecule has 20 heavy (non-hydrogen) atoms. The molecule has 1 aliphatic carbocycles. The lowest BCUT2D eigenvalue weighted by Crippen LogP contribution is -2.43. The van der Waals surface area contributed by atoms with Gasteiger partial charge in [-0.3, -0.25) is 9.80 Å². The lowest BCUT2D eigenvalue weighted by molar-refractivity contribution is 0.155. The zero-order chi connectivity index (χ0) is 14.6. The molecular weight excluding hydrogens is 276 g/mol.